The number of ketones is 1. The van der Waals surface area contributed by atoms with Gasteiger partial charge >= 0.3 is 7.75 Å². The molecule has 37 heavy (non-hydrogen) atoms. The molecular weight excluding hydrogens is 499 g/mol. The SMILES string of the molecule is CC(=O)[C@H](C)NP(=O)(OC[C@H]1O[C@@H](n2cnc3c(N)ncnc32)C[C@H]1O)Oc1cccc2ccccc12. The number of carbonyl (C=O) groups excluding carboxylic acids is 1. The zero-order valence-corrected chi connectivity index (χ0v) is 21.1. The van der Waals surface area contributed by atoms with Crippen molar-refractivity contribution in [3.63, 3.8) is 0 Å². The summed E-state index contributed by atoms with van der Waals surface area (Å²) < 4.78 is 33.1. The van der Waals surface area contributed by atoms with Gasteiger partial charge in [-0.15, -0.1) is 0 Å². The molecule has 0 radical (unpaired) electrons. The second-order valence-corrected chi connectivity index (χ2v) is 10.5. The van der Waals surface area contributed by atoms with E-state index in [-0.39, 0.29) is 24.6 Å². The highest BCUT2D eigenvalue weighted by molar-refractivity contribution is 7.52. The van der Waals surface area contributed by atoms with Gasteiger partial charge in [0.25, 0.3) is 0 Å². The van der Waals surface area contributed by atoms with E-state index in [1.54, 1.807) is 23.6 Å². The standard InChI is InChI=1S/C24H27N6O6P/c1-14(15(2)31)29-37(33,36-19-9-5-7-16-6-3-4-8-17(16)19)34-11-20-18(32)10-21(35-20)30-13-28-22-23(25)26-12-27-24(22)30/h3-9,12-14,18,20-21,32H,10-11H2,1-2H3,(H,29,33)(H2,25,26,27)/t14-,18+,20+,21+,37?/m0/s1. The van der Waals surface area contributed by atoms with Crippen LogP contribution < -0.4 is 15.3 Å². The molecule has 194 valence electrons. The number of hydrogen-bond donors (Lipinski definition) is 3. The second kappa shape index (κ2) is 10.2. The van der Waals surface area contributed by atoms with Crippen LogP contribution in [-0.2, 0) is 18.6 Å². The molecule has 13 heteroatoms. The van der Waals surface area contributed by atoms with E-state index in [1.165, 1.54) is 19.6 Å². The molecule has 1 unspecified atom stereocenters. The topological polar surface area (TPSA) is 164 Å². The van der Waals surface area contributed by atoms with Crippen molar-refractivity contribution in [2.45, 2.75) is 44.7 Å². The molecule has 3 heterocycles. The number of imidazole rings is 1. The van der Waals surface area contributed by atoms with E-state index in [0.717, 1.165) is 10.8 Å². The summed E-state index contributed by atoms with van der Waals surface area (Å²) in [6.07, 6.45) is 0.685. The van der Waals surface area contributed by atoms with Gasteiger partial charge in [0.15, 0.2) is 11.5 Å². The van der Waals surface area contributed by atoms with Crippen LogP contribution in [0.3, 0.4) is 0 Å². The average molecular weight is 526 g/mol. The first-order chi connectivity index (χ1) is 17.7. The Labute approximate surface area is 212 Å². The number of Topliss-reactive ketones (excluding diaryl/α,β-unsaturated/α-hetero) is 1. The number of anilines is 1. The van der Waals surface area contributed by atoms with E-state index in [2.05, 4.69) is 20.0 Å². The highest BCUT2D eigenvalue weighted by Gasteiger charge is 2.39. The Balaban J connectivity index is 1.35. The summed E-state index contributed by atoms with van der Waals surface area (Å²) in [5, 5.41) is 15.0. The molecule has 5 atom stereocenters. The molecule has 0 bridgehead atoms. The number of carbonyl (C=O) groups is 1. The van der Waals surface area contributed by atoms with Gasteiger partial charge in [-0.05, 0) is 25.3 Å². The predicted molar refractivity (Wildman–Crippen MR) is 136 cm³/mol. The minimum atomic E-state index is -4.08. The number of benzene rings is 2. The van der Waals surface area contributed by atoms with E-state index < -0.39 is 32.2 Å². The van der Waals surface area contributed by atoms with Crippen LogP contribution in [0.1, 0.15) is 26.5 Å². The van der Waals surface area contributed by atoms with E-state index in [0.29, 0.717) is 16.9 Å². The molecule has 2 aromatic heterocycles. The van der Waals surface area contributed by atoms with Crippen LogP contribution in [0.2, 0.25) is 0 Å². The summed E-state index contributed by atoms with van der Waals surface area (Å²) in [7, 11) is -4.08. The number of aliphatic hydroxyl groups is 1. The third-order valence-electron chi connectivity index (χ3n) is 6.24. The minimum absolute atomic E-state index is 0.217. The van der Waals surface area contributed by atoms with Crippen molar-refractivity contribution < 1.29 is 28.3 Å². The lowest BCUT2D eigenvalue weighted by molar-refractivity contribution is -0.118. The van der Waals surface area contributed by atoms with Crippen molar-refractivity contribution in [3.8, 4) is 5.75 Å². The molecule has 0 amide bonds. The highest BCUT2D eigenvalue weighted by atomic mass is 31.2. The molecule has 4 N–H and O–H groups in total. The maximum Gasteiger partial charge on any atom is 0.459 e. The number of nitrogen functional groups attached to an aromatic ring is 1. The second-order valence-electron chi connectivity index (χ2n) is 8.84. The third kappa shape index (κ3) is 5.20. The molecule has 0 saturated carbocycles. The zero-order chi connectivity index (χ0) is 26.2. The molecule has 5 rings (SSSR count). The van der Waals surface area contributed by atoms with Gasteiger partial charge in [-0.25, -0.2) is 24.6 Å². The Morgan fingerprint density at radius 1 is 1.27 bits per heavy atom. The molecule has 1 aliphatic rings. The van der Waals surface area contributed by atoms with Crippen LogP contribution in [-0.4, -0.2) is 55.3 Å². The van der Waals surface area contributed by atoms with Gasteiger partial charge < -0.3 is 20.1 Å². The first-order valence-electron chi connectivity index (χ1n) is 11.7. The molecule has 0 spiro atoms. The zero-order valence-electron chi connectivity index (χ0n) is 20.2. The lowest BCUT2D eigenvalue weighted by atomic mass is 10.1. The summed E-state index contributed by atoms with van der Waals surface area (Å²) in [4.78, 5) is 24.3. The number of fused-ring (bicyclic) bond motifs is 2. The fourth-order valence-electron chi connectivity index (χ4n) is 4.11. The van der Waals surface area contributed by atoms with Crippen molar-refractivity contribution in [2.24, 2.45) is 0 Å². The largest absolute Gasteiger partial charge is 0.459 e. The Morgan fingerprint density at radius 2 is 2.05 bits per heavy atom. The normalized spacial score (nSPS) is 22.2. The van der Waals surface area contributed by atoms with Crippen molar-refractivity contribution in [1.29, 1.82) is 0 Å². The van der Waals surface area contributed by atoms with Gasteiger partial charge in [0.1, 0.15) is 35.7 Å². The molecule has 12 nitrogen and oxygen atoms in total. The average Bonchev–Trinajstić information content (AvgIpc) is 3.47. The van der Waals surface area contributed by atoms with Gasteiger partial charge in [0, 0.05) is 11.8 Å². The Hall–Kier alpha value is -3.41. The fourth-order valence-corrected chi connectivity index (χ4v) is 5.71. The van der Waals surface area contributed by atoms with Gasteiger partial charge in [0.05, 0.1) is 25.1 Å². The highest BCUT2D eigenvalue weighted by Crippen LogP contribution is 2.47. The van der Waals surface area contributed by atoms with E-state index in [1.807, 2.05) is 30.3 Å². The van der Waals surface area contributed by atoms with E-state index >= 15 is 0 Å². The molecule has 1 saturated heterocycles. The van der Waals surface area contributed by atoms with E-state index in [4.69, 9.17) is 19.5 Å². The first-order valence-corrected chi connectivity index (χ1v) is 13.2. The number of nitrogens with two attached hydrogens (primary N) is 1. The number of nitrogens with zero attached hydrogens (tertiary/aromatic N) is 4. The summed E-state index contributed by atoms with van der Waals surface area (Å²) in [5.41, 5.74) is 6.76. The summed E-state index contributed by atoms with van der Waals surface area (Å²) in [6, 6.07) is 12.0. The van der Waals surface area contributed by atoms with Crippen molar-refractivity contribution in [2.75, 3.05) is 12.3 Å². The smallest absolute Gasteiger partial charge is 0.413 e. The molecule has 2 aromatic carbocycles. The van der Waals surface area contributed by atoms with Crippen LogP contribution >= 0.6 is 7.75 Å². The lowest BCUT2D eigenvalue weighted by Crippen LogP contribution is -2.34. The number of nitrogens with one attached hydrogen (secondary N) is 1. The van der Waals surface area contributed by atoms with Crippen LogP contribution in [0.25, 0.3) is 21.9 Å². The number of aliphatic hydroxyl groups excluding tert-OH is 1. The number of ether oxygens (including phenoxy) is 1. The summed E-state index contributed by atoms with van der Waals surface area (Å²) in [5.74, 6) is 0.327. The molecule has 4 aromatic rings. The van der Waals surface area contributed by atoms with Crippen LogP contribution in [0.5, 0.6) is 5.75 Å². The number of aromatic nitrogens is 4. The molecule has 0 aliphatic carbocycles. The van der Waals surface area contributed by atoms with E-state index in [9.17, 15) is 14.5 Å². The minimum Gasteiger partial charge on any atom is -0.413 e. The van der Waals surface area contributed by atoms with Crippen LogP contribution in [0, 0.1) is 0 Å². The van der Waals surface area contributed by atoms with Crippen molar-refractivity contribution >= 4 is 41.3 Å². The molecule has 1 aliphatic heterocycles. The Bertz CT molecular complexity index is 1490. The van der Waals surface area contributed by atoms with Crippen LogP contribution in [0.4, 0.5) is 5.82 Å². The molecule has 1 fully saturated rings. The Kier molecular flexibility index (Phi) is 6.93. The van der Waals surface area contributed by atoms with Crippen LogP contribution in [0.15, 0.2) is 55.1 Å². The quantitative estimate of drug-likeness (QED) is 0.275. The van der Waals surface area contributed by atoms with Crippen molar-refractivity contribution in [3.05, 3.63) is 55.1 Å². The predicted octanol–water partition coefficient (Wildman–Crippen LogP) is 2.98. The lowest BCUT2D eigenvalue weighted by Gasteiger charge is -2.25. The number of hydrogen-bond acceptors (Lipinski definition) is 10. The van der Waals surface area contributed by atoms with Gasteiger partial charge in [0.2, 0.25) is 0 Å². The maximum absolute atomic E-state index is 13.8. The van der Waals surface area contributed by atoms with Crippen molar-refractivity contribution in [1.82, 2.24) is 24.6 Å². The molecular formula is C24H27N6O6P. The summed E-state index contributed by atoms with van der Waals surface area (Å²) in [6.45, 7) is 2.68. The van der Waals surface area contributed by atoms with Gasteiger partial charge in [-0.2, -0.15) is 0 Å². The monoisotopic (exact) mass is 526 g/mol. The summed E-state index contributed by atoms with van der Waals surface area (Å²) >= 11 is 0. The number of rotatable bonds is 9. The third-order valence-corrected chi connectivity index (χ3v) is 7.87. The first kappa shape index (κ1) is 25.2. The van der Waals surface area contributed by atoms with Gasteiger partial charge in [-0.1, -0.05) is 36.4 Å². The fraction of sp³-hybridized carbons (Fsp3) is 0.333. The maximum atomic E-state index is 13.8. The Morgan fingerprint density at radius 3 is 2.86 bits per heavy atom. The van der Waals surface area contributed by atoms with Gasteiger partial charge in [-0.3, -0.25) is 13.9 Å².